The normalized spacial score (nSPS) is 16.5. The molecule has 1 heterocycles. The van der Waals surface area contributed by atoms with Crippen molar-refractivity contribution in [2.45, 2.75) is 57.0 Å². The first-order chi connectivity index (χ1) is 16.8. The Morgan fingerprint density at radius 1 is 0.943 bits per heavy atom. The van der Waals surface area contributed by atoms with E-state index in [4.69, 9.17) is 0 Å². The number of nitrogens with zero attached hydrogens (tertiary/aromatic N) is 3. The summed E-state index contributed by atoms with van der Waals surface area (Å²) in [6.45, 7) is 10.7. The molecule has 192 valence electrons. The molecule has 1 atom stereocenters. The van der Waals surface area contributed by atoms with E-state index in [0.29, 0.717) is 17.4 Å². The highest BCUT2D eigenvalue weighted by Crippen LogP contribution is 2.15. The summed E-state index contributed by atoms with van der Waals surface area (Å²) < 4.78 is 23.4. The molecule has 0 N–H and O–H groups in total. The first-order valence-electron chi connectivity index (χ1n) is 12.8. The van der Waals surface area contributed by atoms with E-state index in [0.717, 1.165) is 70.6 Å². The summed E-state index contributed by atoms with van der Waals surface area (Å²) >= 11 is 0. The Hall–Kier alpha value is -2.22. The fourth-order valence-corrected chi connectivity index (χ4v) is 5.43. The van der Waals surface area contributed by atoms with Gasteiger partial charge >= 0.3 is 0 Å². The molecule has 1 aliphatic rings. The molecule has 2 aromatic carbocycles. The Morgan fingerprint density at radius 2 is 1.66 bits per heavy atom. The molecule has 1 unspecified atom stereocenters. The van der Waals surface area contributed by atoms with Gasteiger partial charge in [-0.05, 0) is 62.5 Å². The molecule has 1 saturated heterocycles. The van der Waals surface area contributed by atoms with Gasteiger partial charge in [-0.3, -0.25) is 9.69 Å². The number of unbranched alkanes of at least 4 members (excludes halogenated alkanes) is 1. The zero-order valence-corrected chi connectivity index (χ0v) is 22.3. The number of sulfone groups is 1. The highest BCUT2D eigenvalue weighted by Gasteiger charge is 2.21. The van der Waals surface area contributed by atoms with Gasteiger partial charge in [-0.2, -0.15) is 0 Å². The molecular weight excluding hydrogens is 458 g/mol. The summed E-state index contributed by atoms with van der Waals surface area (Å²) in [5.41, 5.74) is 2.45. The van der Waals surface area contributed by atoms with Crippen LogP contribution in [0.1, 0.15) is 44.2 Å². The monoisotopic (exact) mass is 499 g/mol. The van der Waals surface area contributed by atoms with Gasteiger partial charge < -0.3 is 9.80 Å². The molecule has 0 bridgehead atoms. The Morgan fingerprint density at radius 3 is 2.31 bits per heavy atom. The average molecular weight is 500 g/mol. The summed E-state index contributed by atoms with van der Waals surface area (Å²) in [5.74, 6) is 0.277. The van der Waals surface area contributed by atoms with Crippen LogP contribution in [0.15, 0.2) is 59.5 Å². The molecule has 6 nitrogen and oxygen atoms in total. The summed E-state index contributed by atoms with van der Waals surface area (Å²) in [6, 6.07) is 18.1. The topological polar surface area (TPSA) is 60.9 Å². The molecule has 2 aromatic rings. The van der Waals surface area contributed by atoms with E-state index in [1.807, 2.05) is 23.1 Å². The summed E-state index contributed by atoms with van der Waals surface area (Å²) in [6.07, 6.45) is 4.80. The standard InChI is InChI=1S/C28H41N3O3S/c1-4-30(24(2)22-25-12-14-27(15-13-25)35(3,33)34)17-8-9-18-31-21-20-29(19-16-28(31)32)23-26-10-6-5-7-11-26/h5-7,10-15,24H,4,8-9,16-23H2,1-3H3. The molecule has 1 amide bonds. The second-order valence-electron chi connectivity index (χ2n) is 9.70. The van der Waals surface area contributed by atoms with Crippen LogP contribution < -0.4 is 0 Å². The fraction of sp³-hybridized carbons (Fsp3) is 0.536. The van der Waals surface area contributed by atoms with Crippen molar-refractivity contribution >= 4 is 15.7 Å². The van der Waals surface area contributed by atoms with Crippen molar-refractivity contribution in [3.63, 3.8) is 0 Å². The highest BCUT2D eigenvalue weighted by atomic mass is 32.2. The molecule has 0 aromatic heterocycles. The van der Waals surface area contributed by atoms with Gasteiger partial charge in [-0.1, -0.05) is 49.4 Å². The Kier molecular flexibility index (Phi) is 10.3. The minimum absolute atomic E-state index is 0.277. The van der Waals surface area contributed by atoms with E-state index < -0.39 is 9.84 Å². The van der Waals surface area contributed by atoms with E-state index in [2.05, 4.69) is 47.9 Å². The van der Waals surface area contributed by atoms with Crippen LogP contribution in [-0.2, 0) is 27.6 Å². The Bertz CT molecular complexity index is 1030. The van der Waals surface area contributed by atoms with Crippen LogP contribution in [0.25, 0.3) is 0 Å². The molecule has 1 fully saturated rings. The van der Waals surface area contributed by atoms with Crippen LogP contribution in [-0.4, -0.2) is 80.6 Å². The van der Waals surface area contributed by atoms with Crippen LogP contribution in [0, 0.1) is 0 Å². The lowest BCUT2D eigenvalue weighted by atomic mass is 10.1. The predicted octanol–water partition coefficient (Wildman–Crippen LogP) is 3.86. The molecule has 3 rings (SSSR count). The molecular formula is C28H41N3O3S. The van der Waals surface area contributed by atoms with E-state index in [9.17, 15) is 13.2 Å². The van der Waals surface area contributed by atoms with E-state index in [-0.39, 0.29) is 5.91 Å². The van der Waals surface area contributed by atoms with Gasteiger partial charge in [0.15, 0.2) is 9.84 Å². The molecule has 0 aliphatic carbocycles. The molecule has 35 heavy (non-hydrogen) atoms. The zero-order valence-electron chi connectivity index (χ0n) is 21.5. The van der Waals surface area contributed by atoms with Gasteiger partial charge in [0, 0.05) is 51.4 Å². The summed E-state index contributed by atoms with van der Waals surface area (Å²) in [4.78, 5) is 19.9. The van der Waals surface area contributed by atoms with Gasteiger partial charge in [0.2, 0.25) is 5.91 Å². The van der Waals surface area contributed by atoms with E-state index in [1.165, 1.54) is 11.8 Å². The third-order valence-corrected chi connectivity index (χ3v) is 8.09. The largest absolute Gasteiger partial charge is 0.341 e. The van der Waals surface area contributed by atoms with Crippen molar-refractivity contribution in [1.29, 1.82) is 0 Å². The number of amides is 1. The Balaban J connectivity index is 1.40. The third-order valence-electron chi connectivity index (χ3n) is 6.97. The SMILES string of the molecule is CCN(CCCCN1CCN(Cc2ccccc2)CCC1=O)C(C)Cc1ccc(S(C)(=O)=O)cc1. The average Bonchev–Trinajstić information content (AvgIpc) is 3.00. The maximum absolute atomic E-state index is 12.6. The van der Waals surface area contributed by atoms with Crippen molar-refractivity contribution in [3.8, 4) is 0 Å². The first kappa shape index (κ1) is 27.4. The number of rotatable bonds is 12. The third kappa shape index (κ3) is 8.74. The van der Waals surface area contributed by atoms with Crippen LogP contribution >= 0.6 is 0 Å². The van der Waals surface area contributed by atoms with Crippen LogP contribution in [0.2, 0.25) is 0 Å². The maximum Gasteiger partial charge on any atom is 0.223 e. The minimum Gasteiger partial charge on any atom is -0.341 e. The van der Waals surface area contributed by atoms with Crippen molar-refractivity contribution in [3.05, 3.63) is 65.7 Å². The van der Waals surface area contributed by atoms with Gasteiger partial charge in [-0.25, -0.2) is 8.42 Å². The van der Waals surface area contributed by atoms with Crippen molar-refractivity contribution in [2.24, 2.45) is 0 Å². The number of carbonyl (C=O) groups is 1. The summed E-state index contributed by atoms with van der Waals surface area (Å²) in [5, 5.41) is 0. The molecule has 0 saturated carbocycles. The Labute approximate surface area is 211 Å². The van der Waals surface area contributed by atoms with Crippen LogP contribution in [0.3, 0.4) is 0 Å². The second kappa shape index (κ2) is 13.2. The predicted molar refractivity (Wildman–Crippen MR) is 142 cm³/mol. The van der Waals surface area contributed by atoms with Crippen molar-refractivity contribution < 1.29 is 13.2 Å². The van der Waals surface area contributed by atoms with E-state index in [1.54, 1.807) is 12.1 Å². The smallest absolute Gasteiger partial charge is 0.223 e. The van der Waals surface area contributed by atoms with E-state index >= 15 is 0 Å². The summed E-state index contributed by atoms with van der Waals surface area (Å²) in [7, 11) is -3.16. The number of carbonyl (C=O) groups excluding carboxylic acids is 1. The molecule has 1 aliphatic heterocycles. The molecule has 0 spiro atoms. The number of benzene rings is 2. The molecule has 7 heteroatoms. The van der Waals surface area contributed by atoms with Crippen LogP contribution in [0.5, 0.6) is 0 Å². The number of likely N-dealkylation sites (N-methyl/N-ethyl adjacent to an activating group) is 1. The second-order valence-corrected chi connectivity index (χ2v) is 11.7. The van der Waals surface area contributed by atoms with Gasteiger partial charge in [-0.15, -0.1) is 0 Å². The lowest BCUT2D eigenvalue weighted by Crippen LogP contribution is -2.36. The lowest BCUT2D eigenvalue weighted by molar-refractivity contribution is -0.130. The maximum atomic E-state index is 12.6. The minimum atomic E-state index is -3.16. The van der Waals surface area contributed by atoms with Gasteiger partial charge in [0.05, 0.1) is 4.90 Å². The highest BCUT2D eigenvalue weighted by molar-refractivity contribution is 7.90. The number of hydrogen-bond acceptors (Lipinski definition) is 5. The van der Waals surface area contributed by atoms with Crippen LogP contribution in [0.4, 0.5) is 0 Å². The van der Waals surface area contributed by atoms with Crippen molar-refractivity contribution in [1.82, 2.24) is 14.7 Å². The van der Waals surface area contributed by atoms with Crippen molar-refractivity contribution in [2.75, 3.05) is 45.5 Å². The number of hydrogen-bond donors (Lipinski definition) is 0. The lowest BCUT2D eigenvalue weighted by Gasteiger charge is -2.28. The van der Waals surface area contributed by atoms with Gasteiger partial charge in [0.1, 0.15) is 0 Å². The molecule has 0 radical (unpaired) electrons. The first-order valence-corrected chi connectivity index (χ1v) is 14.7. The quantitative estimate of drug-likeness (QED) is 0.415. The zero-order chi connectivity index (χ0) is 25.3. The fourth-order valence-electron chi connectivity index (χ4n) is 4.80. The van der Waals surface area contributed by atoms with Gasteiger partial charge in [0.25, 0.3) is 0 Å².